The summed E-state index contributed by atoms with van der Waals surface area (Å²) in [5, 5.41) is 0. The Kier molecular flexibility index (Phi) is 3.26. The fourth-order valence-corrected chi connectivity index (χ4v) is 2.25. The molecule has 2 heterocycles. The smallest absolute Gasteiger partial charge is 0.410 e. The molecule has 1 aromatic rings. The van der Waals surface area contributed by atoms with Crippen molar-refractivity contribution in [3.63, 3.8) is 0 Å². The van der Waals surface area contributed by atoms with Crippen LogP contribution in [-0.4, -0.2) is 34.7 Å². The van der Waals surface area contributed by atoms with E-state index in [1.165, 1.54) is 0 Å². The lowest BCUT2D eigenvalue weighted by atomic mass is 9.82. The van der Waals surface area contributed by atoms with Gasteiger partial charge in [0.05, 0.1) is 5.54 Å². The minimum absolute atomic E-state index is 0.310. The number of carbonyl (C=O) groups is 1. The number of pyridine rings is 1. The summed E-state index contributed by atoms with van der Waals surface area (Å²) in [5.74, 6) is 0. The van der Waals surface area contributed by atoms with Crippen molar-refractivity contribution in [2.45, 2.75) is 38.8 Å². The number of carbonyl (C=O) groups excluding carboxylic acids is 1. The van der Waals surface area contributed by atoms with Crippen LogP contribution in [-0.2, 0) is 10.3 Å². The largest absolute Gasteiger partial charge is 0.444 e. The first-order valence-electron chi connectivity index (χ1n) is 6.39. The Hall–Kier alpha value is -1.62. The molecule has 0 saturated carbocycles. The van der Waals surface area contributed by atoms with Crippen molar-refractivity contribution in [1.29, 1.82) is 0 Å². The first kappa shape index (κ1) is 13.8. The number of hydrogen-bond donors (Lipinski definition) is 1. The Labute approximate surface area is 113 Å². The highest BCUT2D eigenvalue weighted by Crippen LogP contribution is 2.31. The first-order chi connectivity index (χ1) is 8.71. The van der Waals surface area contributed by atoms with Gasteiger partial charge in [-0.2, -0.15) is 0 Å². The number of nitrogens with zero attached hydrogens (tertiary/aromatic N) is 2. The van der Waals surface area contributed by atoms with E-state index in [-0.39, 0.29) is 6.09 Å². The number of hydrogen-bond acceptors (Lipinski definition) is 4. The van der Waals surface area contributed by atoms with Gasteiger partial charge in [-0.25, -0.2) is 4.79 Å². The highest BCUT2D eigenvalue weighted by atomic mass is 16.6. The van der Waals surface area contributed by atoms with Crippen molar-refractivity contribution < 1.29 is 9.53 Å². The third-order valence-electron chi connectivity index (χ3n) is 3.17. The van der Waals surface area contributed by atoms with E-state index in [1.807, 2.05) is 33.8 Å². The van der Waals surface area contributed by atoms with E-state index >= 15 is 0 Å². The molecule has 0 unspecified atom stereocenters. The number of likely N-dealkylation sites (tertiary alicyclic amines) is 1. The molecule has 1 fully saturated rings. The summed E-state index contributed by atoms with van der Waals surface area (Å²) in [6.07, 6.45) is 3.21. The molecule has 5 heteroatoms. The van der Waals surface area contributed by atoms with Crippen LogP contribution in [0.4, 0.5) is 4.79 Å². The Bertz CT molecular complexity index is 488. The third-order valence-corrected chi connectivity index (χ3v) is 3.17. The van der Waals surface area contributed by atoms with Gasteiger partial charge in [0, 0.05) is 25.5 Å². The summed E-state index contributed by atoms with van der Waals surface area (Å²) in [6.45, 7) is 8.49. The highest BCUT2D eigenvalue weighted by Gasteiger charge is 2.45. The van der Waals surface area contributed by atoms with Crippen LogP contribution in [0.3, 0.4) is 0 Å². The zero-order chi connectivity index (χ0) is 14.3. The monoisotopic (exact) mass is 263 g/mol. The van der Waals surface area contributed by atoms with Crippen molar-refractivity contribution in [1.82, 2.24) is 9.88 Å². The van der Waals surface area contributed by atoms with Crippen molar-refractivity contribution in [3.8, 4) is 0 Å². The SMILES string of the molecule is Cc1ccncc1C1(N)CN(C(=O)OC(C)(C)C)C1. The summed E-state index contributed by atoms with van der Waals surface area (Å²) in [6, 6.07) is 1.93. The molecule has 5 nitrogen and oxygen atoms in total. The van der Waals surface area contributed by atoms with Crippen LogP contribution in [0.5, 0.6) is 0 Å². The molecule has 0 aliphatic carbocycles. The molecule has 0 aromatic carbocycles. The highest BCUT2D eigenvalue weighted by molar-refractivity contribution is 5.70. The van der Waals surface area contributed by atoms with Crippen LogP contribution in [0.15, 0.2) is 18.5 Å². The minimum Gasteiger partial charge on any atom is -0.444 e. The van der Waals surface area contributed by atoms with Gasteiger partial charge in [-0.1, -0.05) is 0 Å². The number of rotatable bonds is 1. The van der Waals surface area contributed by atoms with Crippen LogP contribution in [0.2, 0.25) is 0 Å². The van der Waals surface area contributed by atoms with Gasteiger partial charge in [-0.3, -0.25) is 4.98 Å². The standard InChI is InChI=1S/C14H21N3O2/c1-10-5-6-16-7-11(10)14(15)8-17(9-14)12(18)19-13(2,3)4/h5-7H,8-9,15H2,1-4H3. The molecule has 0 radical (unpaired) electrons. The van der Waals surface area contributed by atoms with Gasteiger partial charge in [0.1, 0.15) is 5.60 Å². The van der Waals surface area contributed by atoms with Crippen LogP contribution in [0.25, 0.3) is 0 Å². The van der Waals surface area contributed by atoms with Crippen molar-refractivity contribution in [3.05, 3.63) is 29.6 Å². The van der Waals surface area contributed by atoms with E-state index in [0.717, 1.165) is 11.1 Å². The molecule has 2 N–H and O–H groups in total. The first-order valence-corrected chi connectivity index (χ1v) is 6.39. The van der Waals surface area contributed by atoms with E-state index in [0.29, 0.717) is 13.1 Å². The average Bonchev–Trinajstić information content (AvgIpc) is 2.23. The molecule has 19 heavy (non-hydrogen) atoms. The van der Waals surface area contributed by atoms with Gasteiger partial charge in [-0.15, -0.1) is 0 Å². The van der Waals surface area contributed by atoms with Gasteiger partial charge < -0.3 is 15.4 Å². The van der Waals surface area contributed by atoms with Crippen LogP contribution < -0.4 is 5.73 Å². The number of ether oxygens (including phenoxy) is 1. The average molecular weight is 263 g/mol. The molecule has 104 valence electrons. The Morgan fingerprint density at radius 3 is 2.63 bits per heavy atom. The van der Waals surface area contributed by atoms with Gasteiger partial charge >= 0.3 is 6.09 Å². The molecule has 1 aliphatic rings. The molecule has 1 aliphatic heterocycles. The van der Waals surface area contributed by atoms with Gasteiger partial charge in [0.15, 0.2) is 0 Å². The zero-order valence-electron chi connectivity index (χ0n) is 11.9. The molecule has 1 aromatic heterocycles. The number of nitrogens with two attached hydrogens (primary N) is 1. The maximum absolute atomic E-state index is 11.9. The van der Waals surface area contributed by atoms with Gasteiger partial charge in [0.2, 0.25) is 0 Å². The van der Waals surface area contributed by atoms with Crippen molar-refractivity contribution in [2.75, 3.05) is 13.1 Å². The number of aromatic nitrogens is 1. The number of aryl methyl sites for hydroxylation is 1. The molecule has 0 spiro atoms. The Balaban J connectivity index is 2.02. The maximum Gasteiger partial charge on any atom is 0.410 e. The second-order valence-corrected chi connectivity index (χ2v) is 6.18. The zero-order valence-corrected chi connectivity index (χ0v) is 11.9. The Morgan fingerprint density at radius 2 is 2.11 bits per heavy atom. The van der Waals surface area contributed by atoms with E-state index in [4.69, 9.17) is 10.5 Å². The summed E-state index contributed by atoms with van der Waals surface area (Å²) in [7, 11) is 0. The van der Waals surface area contributed by atoms with Crippen LogP contribution >= 0.6 is 0 Å². The third kappa shape index (κ3) is 2.87. The van der Waals surface area contributed by atoms with E-state index < -0.39 is 11.1 Å². The molecule has 0 bridgehead atoms. The van der Waals surface area contributed by atoms with Gasteiger partial charge in [-0.05, 0) is 44.9 Å². The molecular formula is C14H21N3O2. The van der Waals surface area contributed by atoms with E-state index in [1.54, 1.807) is 17.3 Å². The lowest BCUT2D eigenvalue weighted by Gasteiger charge is -2.48. The molecule has 0 atom stereocenters. The van der Waals surface area contributed by atoms with Gasteiger partial charge in [0.25, 0.3) is 0 Å². The van der Waals surface area contributed by atoms with E-state index in [2.05, 4.69) is 4.98 Å². The Morgan fingerprint density at radius 1 is 1.47 bits per heavy atom. The van der Waals surface area contributed by atoms with E-state index in [9.17, 15) is 4.79 Å². The molecular weight excluding hydrogens is 242 g/mol. The lowest BCUT2D eigenvalue weighted by Crippen LogP contribution is -2.66. The van der Waals surface area contributed by atoms with Crippen LogP contribution in [0, 0.1) is 6.92 Å². The van der Waals surface area contributed by atoms with Crippen molar-refractivity contribution in [2.24, 2.45) is 5.73 Å². The molecule has 1 saturated heterocycles. The van der Waals surface area contributed by atoms with Crippen molar-refractivity contribution >= 4 is 6.09 Å². The lowest BCUT2D eigenvalue weighted by molar-refractivity contribution is -0.00907. The predicted octanol–water partition coefficient (Wildman–Crippen LogP) is 1.79. The summed E-state index contributed by atoms with van der Waals surface area (Å²) < 4.78 is 5.32. The summed E-state index contributed by atoms with van der Waals surface area (Å²) >= 11 is 0. The molecule has 2 rings (SSSR count). The second kappa shape index (κ2) is 4.49. The quantitative estimate of drug-likeness (QED) is 0.838. The fraction of sp³-hybridized carbons (Fsp3) is 0.571. The predicted molar refractivity (Wildman–Crippen MR) is 72.6 cm³/mol. The number of amides is 1. The van der Waals surface area contributed by atoms with Crippen LogP contribution in [0.1, 0.15) is 31.9 Å². The normalized spacial score (nSPS) is 17.8. The topological polar surface area (TPSA) is 68.5 Å². The summed E-state index contributed by atoms with van der Waals surface area (Å²) in [4.78, 5) is 17.6. The second-order valence-electron chi connectivity index (χ2n) is 6.18. The molecule has 1 amide bonds. The minimum atomic E-state index is -0.505. The maximum atomic E-state index is 11.9. The summed E-state index contributed by atoms with van der Waals surface area (Å²) in [5.41, 5.74) is 7.44. The fourth-order valence-electron chi connectivity index (χ4n) is 2.25.